The highest BCUT2D eigenvalue weighted by Crippen LogP contribution is 2.43. The minimum absolute atomic E-state index is 0.0281. The van der Waals surface area contributed by atoms with E-state index in [1.54, 1.807) is 33.9 Å². The quantitative estimate of drug-likeness (QED) is 0.327. The fraction of sp³-hybridized carbons (Fsp3) is 0.633. The van der Waals surface area contributed by atoms with Gasteiger partial charge in [-0.2, -0.15) is 10.2 Å². The van der Waals surface area contributed by atoms with Crippen LogP contribution >= 0.6 is 0 Å². The van der Waals surface area contributed by atoms with Crippen molar-refractivity contribution in [1.29, 1.82) is 0 Å². The molecule has 6 rings (SSSR count). The molecule has 3 aliphatic carbocycles. The number of rotatable bonds is 10. The number of carbonyl (C=O) groups is 2. The fourth-order valence-electron chi connectivity index (χ4n) is 6.40. The minimum atomic E-state index is -2.70. The highest BCUT2D eigenvalue weighted by molar-refractivity contribution is 5.92. The van der Waals surface area contributed by atoms with E-state index in [1.165, 1.54) is 0 Å². The second-order valence-corrected chi connectivity index (χ2v) is 12.7. The third-order valence-electron chi connectivity index (χ3n) is 9.01. The number of alkyl halides is 3. The molecule has 3 heterocycles. The van der Waals surface area contributed by atoms with Crippen molar-refractivity contribution in [3.63, 3.8) is 0 Å². The molecule has 12 heteroatoms. The Labute approximate surface area is 242 Å². The number of nitrogens with zero attached hydrogens (tertiary/aromatic N) is 5. The smallest absolute Gasteiger partial charge is 0.270 e. The summed E-state index contributed by atoms with van der Waals surface area (Å²) in [5.74, 6) is -2.93. The second kappa shape index (κ2) is 11.3. The third kappa shape index (κ3) is 6.17. The lowest BCUT2D eigenvalue weighted by atomic mass is 9.81. The first kappa shape index (κ1) is 28.7. The SMILES string of the molecule is CC(C)n1nccc1C(=O)N[C@H](c1cn2ncc([C@H](NC(=O)C[C@H]3C[C@H](F)C3)C3CC3)cc2n1)C1CCC(F)(F)CC1. The lowest BCUT2D eigenvalue weighted by molar-refractivity contribution is -0.124. The van der Waals surface area contributed by atoms with Gasteiger partial charge in [0.2, 0.25) is 11.8 Å². The van der Waals surface area contributed by atoms with Gasteiger partial charge < -0.3 is 10.6 Å². The van der Waals surface area contributed by atoms with E-state index < -0.39 is 18.1 Å². The first-order chi connectivity index (χ1) is 20.1. The number of nitrogens with one attached hydrogen (secondary N) is 2. The van der Waals surface area contributed by atoms with E-state index in [0.29, 0.717) is 42.2 Å². The Kier molecular flexibility index (Phi) is 7.74. The van der Waals surface area contributed by atoms with E-state index in [9.17, 15) is 22.8 Å². The first-order valence-corrected chi connectivity index (χ1v) is 15.1. The van der Waals surface area contributed by atoms with Crippen molar-refractivity contribution in [3.05, 3.63) is 47.7 Å². The maximum absolute atomic E-state index is 14.1. The van der Waals surface area contributed by atoms with Crippen LogP contribution in [0.4, 0.5) is 13.2 Å². The van der Waals surface area contributed by atoms with Crippen LogP contribution in [-0.4, -0.2) is 48.3 Å². The predicted octanol–water partition coefficient (Wildman–Crippen LogP) is 5.51. The molecule has 0 saturated heterocycles. The third-order valence-corrected chi connectivity index (χ3v) is 9.01. The van der Waals surface area contributed by atoms with Gasteiger partial charge in [-0.25, -0.2) is 22.7 Å². The zero-order valence-electron chi connectivity index (χ0n) is 24.0. The molecule has 0 aliphatic heterocycles. The molecule has 2 amide bonds. The highest BCUT2D eigenvalue weighted by atomic mass is 19.3. The summed E-state index contributed by atoms with van der Waals surface area (Å²) in [6, 6.07) is 2.72. The van der Waals surface area contributed by atoms with Crippen LogP contribution in [0.25, 0.3) is 5.65 Å². The summed E-state index contributed by atoms with van der Waals surface area (Å²) >= 11 is 0. The topological polar surface area (TPSA) is 106 Å². The van der Waals surface area contributed by atoms with Gasteiger partial charge in [0.05, 0.1) is 30.2 Å². The van der Waals surface area contributed by atoms with Crippen molar-refractivity contribution in [1.82, 2.24) is 35.0 Å². The summed E-state index contributed by atoms with van der Waals surface area (Å²) in [5.41, 5.74) is 2.34. The Balaban J connectivity index is 1.25. The molecular weight excluding hydrogens is 547 g/mol. The summed E-state index contributed by atoms with van der Waals surface area (Å²) < 4.78 is 44.6. The van der Waals surface area contributed by atoms with E-state index in [0.717, 1.165) is 18.4 Å². The molecule has 2 N–H and O–H groups in total. The van der Waals surface area contributed by atoms with Crippen LogP contribution in [0.1, 0.15) is 112 Å². The maximum Gasteiger partial charge on any atom is 0.270 e. The average Bonchev–Trinajstić information content (AvgIpc) is 3.47. The van der Waals surface area contributed by atoms with Crippen molar-refractivity contribution >= 4 is 17.5 Å². The Morgan fingerprint density at radius 3 is 2.43 bits per heavy atom. The van der Waals surface area contributed by atoms with Gasteiger partial charge in [-0.15, -0.1) is 0 Å². The van der Waals surface area contributed by atoms with Crippen molar-refractivity contribution in [2.75, 3.05) is 0 Å². The Hall–Kier alpha value is -3.44. The van der Waals surface area contributed by atoms with Crippen molar-refractivity contribution < 1.29 is 22.8 Å². The molecule has 3 saturated carbocycles. The fourth-order valence-corrected chi connectivity index (χ4v) is 6.40. The molecule has 3 aromatic rings. The Morgan fingerprint density at radius 1 is 1.05 bits per heavy atom. The summed E-state index contributed by atoms with van der Waals surface area (Å²) in [6.07, 6.45) is 7.50. The number of imidazole rings is 1. The lowest BCUT2D eigenvalue weighted by Gasteiger charge is -2.33. The van der Waals surface area contributed by atoms with Crippen LogP contribution in [0, 0.1) is 17.8 Å². The standard InChI is InChI=1S/C30H38F3N7O2/c1-17(2)40-24(7-10-34-40)29(42)38-28(20-5-8-30(32,33)9-6-20)23-16-39-25(36-23)14-21(15-35-39)27(19-3-4-19)37-26(41)13-18-11-22(31)12-18/h7,10,14-20,22,27-28H,3-6,8-9,11-13H2,1-2H3,(H,37,41)(H,38,42)/t18-,22-,27-,28+/m1/s1. The number of hydrogen-bond acceptors (Lipinski definition) is 5. The van der Waals surface area contributed by atoms with Gasteiger partial charge in [0.15, 0.2) is 5.65 Å². The van der Waals surface area contributed by atoms with Crippen LogP contribution in [0.3, 0.4) is 0 Å². The van der Waals surface area contributed by atoms with Gasteiger partial charge in [0.1, 0.15) is 11.9 Å². The number of aromatic nitrogens is 5. The van der Waals surface area contributed by atoms with Crippen LogP contribution in [0.15, 0.2) is 30.7 Å². The molecule has 0 unspecified atom stereocenters. The molecule has 0 bridgehead atoms. The highest BCUT2D eigenvalue weighted by Gasteiger charge is 2.40. The van der Waals surface area contributed by atoms with E-state index in [4.69, 9.17) is 4.98 Å². The largest absolute Gasteiger partial charge is 0.349 e. The molecule has 0 spiro atoms. The van der Waals surface area contributed by atoms with E-state index >= 15 is 0 Å². The number of halogens is 3. The summed E-state index contributed by atoms with van der Waals surface area (Å²) in [5, 5.41) is 15.0. The van der Waals surface area contributed by atoms with Crippen molar-refractivity contribution in [2.45, 2.75) is 102 Å². The van der Waals surface area contributed by atoms with Gasteiger partial charge >= 0.3 is 0 Å². The minimum Gasteiger partial charge on any atom is -0.349 e. The monoisotopic (exact) mass is 585 g/mol. The van der Waals surface area contributed by atoms with Crippen molar-refractivity contribution in [3.8, 4) is 0 Å². The zero-order valence-corrected chi connectivity index (χ0v) is 24.0. The molecule has 0 radical (unpaired) electrons. The van der Waals surface area contributed by atoms with E-state index in [-0.39, 0.29) is 61.4 Å². The van der Waals surface area contributed by atoms with Gasteiger partial charge in [-0.1, -0.05) is 0 Å². The second-order valence-electron chi connectivity index (χ2n) is 12.7. The molecule has 2 atom stereocenters. The molecule has 3 aromatic heterocycles. The normalized spacial score (nSPS) is 23.9. The molecule has 3 aliphatic rings. The molecule has 9 nitrogen and oxygen atoms in total. The summed E-state index contributed by atoms with van der Waals surface area (Å²) in [7, 11) is 0. The molecular formula is C30H38F3N7O2. The Morgan fingerprint density at radius 2 is 1.76 bits per heavy atom. The number of hydrogen-bond donors (Lipinski definition) is 2. The molecule has 0 aromatic carbocycles. The number of amides is 2. The molecule has 226 valence electrons. The van der Waals surface area contributed by atoms with Crippen LogP contribution in [-0.2, 0) is 4.79 Å². The average molecular weight is 586 g/mol. The predicted molar refractivity (Wildman–Crippen MR) is 149 cm³/mol. The molecule has 3 fully saturated rings. The summed E-state index contributed by atoms with van der Waals surface area (Å²) in [6.45, 7) is 3.86. The van der Waals surface area contributed by atoms with Gasteiger partial charge in [0.25, 0.3) is 5.91 Å². The summed E-state index contributed by atoms with van der Waals surface area (Å²) in [4.78, 5) is 31.0. The first-order valence-electron chi connectivity index (χ1n) is 15.1. The van der Waals surface area contributed by atoms with Crippen LogP contribution in [0.2, 0.25) is 0 Å². The molecule has 42 heavy (non-hydrogen) atoms. The van der Waals surface area contributed by atoms with Gasteiger partial charge in [-0.3, -0.25) is 14.3 Å². The number of carbonyl (C=O) groups excluding carboxylic acids is 2. The van der Waals surface area contributed by atoms with Crippen LogP contribution < -0.4 is 10.6 Å². The maximum atomic E-state index is 14.1. The van der Waals surface area contributed by atoms with Gasteiger partial charge in [0, 0.05) is 31.5 Å². The lowest BCUT2D eigenvalue weighted by Crippen LogP contribution is -2.38. The number of fused-ring (bicyclic) bond motifs is 1. The Bertz CT molecular complexity index is 1430. The van der Waals surface area contributed by atoms with E-state index in [1.807, 2.05) is 19.9 Å². The van der Waals surface area contributed by atoms with E-state index in [2.05, 4.69) is 20.8 Å². The van der Waals surface area contributed by atoms with Gasteiger partial charge in [-0.05, 0) is 87.8 Å². The zero-order chi connectivity index (χ0) is 29.6. The van der Waals surface area contributed by atoms with Crippen molar-refractivity contribution in [2.24, 2.45) is 17.8 Å². The van der Waals surface area contributed by atoms with Crippen LogP contribution in [0.5, 0.6) is 0 Å².